The SMILES string of the molecule is CC[C@@H](C(=O)Cc1cccc2c1CC=C2c1nc(Cc2cccc(S(C)(=O)=O)c2F)ncc1F)N1C[C@@H](C)N[C@H](C)C1. The number of ketones is 1. The van der Waals surface area contributed by atoms with E-state index < -0.39 is 26.4 Å². The van der Waals surface area contributed by atoms with Crippen molar-refractivity contribution in [2.24, 2.45) is 0 Å². The monoisotopic (exact) mass is 594 g/mol. The van der Waals surface area contributed by atoms with E-state index in [4.69, 9.17) is 0 Å². The molecule has 0 radical (unpaired) electrons. The molecule has 0 unspecified atom stereocenters. The van der Waals surface area contributed by atoms with Crippen molar-refractivity contribution in [1.82, 2.24) is 20.2 Å². The number of nitrogens with zero attached hydrogens (tertiary/aromatic N) is 3. The number of aromatic nitrogens is 2. The second kappa shape index (κ2) is 12.1. The summed E-state index contributed by atoms with van der Waals surface area (Å²) < 4.78 is 54.0. The highest BCUT2D eigenvalue weighted by atomic mass is 32.2. The standard InChI is InChI=1S/C32H36F2N4O3S/c1-5-27(38-17-19(2)36-20(3)18-38)28(39)14-21-8-6-10-24-23(21)12-13-25(24)32-26(33)16-35-30(37-32)15-22-9-7-11-29(31(22)34)42(4,40)41/h6-11,13,16,19-20,27,36H,5,12,14-15,17-18H2,1-4H3/t19-,20-,27+/m1/s1. The molecule has 1 N–H and O–H groups in total. The van der Waals surface area contributed by atoms with Gasteiger partial charge in [0.1, 0.15) is 22.2 Å². The maximum atomic E-state index is 15.1. The molecule has 5 rings (SSSR count). The molecule has 3 aromatic rings. The van der Waals surface area contributed by atoms with Gasteiger partial charge in [0.2, 0.25) is 0 Å². The van der Waals surface area contributed by atoms with Crippen molar-refractivity contribution >= 4 is 21.2 Å². The Hall–Kier alpha value is -3.34. The predicted octanol–water partition coefficient (Wildman–Crippen LogP) is 4.31. The molecule has 0 bridgehead atoms. The molecule has 1 fully saturated rings. The van der Waals surface area contributed by atoms with Crippen molar-refractivity contribution in [3.63, 3.8) is 0 Å². The van der Waals surface area contributed by atoms with Gasteiger partial charge < -0.3 is 5.32 Å². The van der Waals surface area contributed by atoms with Crippen LogP contribution >= 0.6 is 0 Å². The molecule has 1 aliphatic carbocycles. The molecule has 1 saturated heterocycles. The zero-order valence-electron chi connectivity index (χ0n) is 24.3. The number of fused-ring (bicyclic) bond motifs is 1. The lowest BCUT2D eigenvalue weighted by molar-refractivity contribution is -0.124. The molecule has 42 heavy (non-hydrogen) atoms. The second-order valence-corrected chi connectivity index (χ2v) is 13.4. The van der Waals surface area contributed by atoms with Gasteiger partial charge >= 0.3 is 0 Å². The number of benzene rings is 2. The molecule has 3 atom stereocenters. The number of carbonyl (C=O) groups is 1. The van der Waals surface area contributed by atoms with Gasteiger partial charge in [-0.05, 0) is 55.0 Å². The third-order valence-corrected chi connectivity index (χ3v) is 9.18. The van der Waals surface area contributed by atoms with Gasteiger partial charge in [0.05, 0.1) is 12.2 Å². The number of sulfone groups is 1. The van der Waals surface area contributed by atoms with E-state index in [0.29, 0.717) is 30.5 Å². The number of Topliss-reactive ketones (excluding diaryl/α,β-unsaturated/α-hetero) is 1. The fourth-order valence-corrected chi connectivity index (χ4v) is 7.06. The molecule has 0 saturated carbocycles. The average molecular weight is 595 g/mol. The highest BCUT2D eigenvalue weighted by molar-refractivity contribution is 7.90. The molecular formula is C32H36F2N4O3S. The molecule has 7 nitrogen and oxygen atoms in total. The Balaban J connectivity index is 1.39. The minimum absolute atomic E-state index is 0.0946. The minimum atomic E-state index is -3.76. The van der Waals surface area contributed by atoms with Crippen LogP contribution < -0.4 is 5.32 Å². The van der Waals surface area contributed by atoms with Gasteiger partial charge in [0.15, 0.2) is 21.4 Å². The van der Waals surface area contributed by atoms with E-state index in [0.717, 1.165) is 48.7 Å². The lowest BCUT2D eigenvalue weighted by atomic mass is 9.92. The Kier molecular flexibility index (Phi) is 8.68. The van der Waals surface area contributed by atoms with E-state index in [-0.39, 0.29) is 35.3 Å². The van der Waals surface area contributed by atoms with Crippen LogP contribution in [0.1, 0.15) is 61.0 Å². The summed E-state index contributed by atoms with van der Waals surface area (Å²) >= 11 is 0. The molecule has 222 valence electrons. The summed E-state index contributed by atoms with van der Waals surface area (Å²) in [5.41, 5.74) is 3.51. The Morgan fingerprint density at radius 3 is 2.48 bits per heavy atom. The second-order valence-electron chi connectivity index (χ2n) is 11.4. The van der Waals surface area contributed by atoms with Gasteiger partial charge in [-0.1, -0.05) is 43.3 Å². The largest absolute Gasteiger partial charge is 0.309 e. The molecule has 2 heterocycles. The van der Waals surface area contributed by atoms with E-state index in [1.54, 1.807) is 0 Å². The molecule has 2 aromatic carbocycles. The molecule has 2 aliphatic rings. The normalized spacial score (nSPS) is 19.8. The van der Waals surface area contributed by atoms with Crippen LogP contribution in [0.2, 0.25) is 0 Å². The topological polar surface area (TPSA) is 92.3 Å². The predicted molar refractivity (Wildman–Crippen MR) is 158 cm³/mol. The third-order valence-electron chi connectivity index (χ3n) is 8.06. The number of rotatable bonds is 9. The quantitative estimate of drug-likeness (QED) is 0.395. The highest BCUT2D eigenvalue weighted by Gasteiger charge is 2.31. The summed E-state index contributed by atoms with van der Waals surface area (Å²) in [6.45, 7) is 7.97. The van der Waals surface area contributed by atoms with Gasteiger partial charge in [-0.25, -0.2) is 27.2 Å². The Bertz CT molecular complexity index is 1650. The number of hydrogen-bond acceptors (Lipinski definition) is 7. The van der Waals surface area contributed by atoms with Crippen LogP contribution in [-0.4, -0.2) is 66.5 Å². The summed E-state index contributed by atoms with van der Waals surface area (Å²) in [5, 5.41) is 3.52. The molecule has 0 amide bonds. The van der Waals surface area contributed by atoms with Gasteiger partial charge in [-0.3, -0.25) is 9.69 Å². The summed E-state index contributed by atoms with van der Waals surface area (Å²) in [5.74, 6) is -1.13. The van der Waals surface area contributed by atoms with Crippen LogP contribution in [0.25, 0.3) is 5.57 Å². The highest BCUT2D eigenvalue weighted by Crippen LogP contribution is 2.35. The maximum Gasteiger partial charge on any atom is 0.178 e. The van der Waals surface area contributed by atoms with Gasteiger partial charge in [0, 0.05) is 49.8 Å². The fourth-order valence-electron chi connectivity index (χ4n) is 6.28. The van der Waals surface area contributed by atoms with E-state index in [1.807, 2.05) is 31.2 Å². The minimum Gasteiger partial charge on any atom is -0.309 e. The molecule has 10 heteroatoms. The van der Waals surface area contributed by atoms with E-state index in [1.165, 1.54) is 18.2 Å². The zero-order valence-corrected chi connectivity index (χ0v) is 25.1. The molecule has 1 aromatic heterocycles. The van der Waals surface area contributed by atoms with E-state index in [9.17, 15) is 17.6 Å². The van der Waals surface area contributed by atoms with Gasteiger partial charge in [-0.15, -0.1) is 0 Å². The molecular weight excluding hydrogens is 558 g/mol. The van der Waals surface area contributed by atoms with Gasteiger partial charge in [-0.2, -0.15) is 0 Å². The fraction of sp³-hybridized carbons (Fsp3) is 0.406. The summed E-state index contributed by atoms with van der Waals surface area (Å²) in [6, 6.07) is 10.3. The van der Waals surface area contributed by atoms with Crippen LogP contribution in [0, 0.1) is 11.6 Å². The zero-order chi connectivity index (χ0) is 30.2. The first-order valence-electron chi connectivity index (χ1n) is 14.3. The lowest BCUT2D eigenvalue weighted by Gasteiger charge is -2.40. The van der Waals surface area contributed by atoms with Crippen LogP contribution in [0.4, 0.5) is 8.78 Å². The first-order chi connectivity index (χ1) is 20.0. The summed E-state index contributed by atoms with van der Waals surface area (Å²) in [4.78, 5) is 23.9. The van der Waals surface area contributed by atoms with Crippen molar-refractivity contribution in [2.45, 2.75) is 69.5 Å². The first-order valence-corrected chi connectivity index (χ1v) is 16.2. The van der Waals surface area contributed by atoms with E-state index >= 15 is 4.39 Å². The Morgan fingerprint density at radius 2 is 1.79 bits per heavy atom. The summed E-state index contributed by atoms with van der Waals surface area (Å²) in [7, 11) is -3.76. The third kappa shape index (κ3) is 6.21. The van der Waals surface area contributed by atoms with Gasteiger partial charge in [0.25, 0.3) is 0 Å². The number of nitrogens with one attached hydrogen (secondary N) is 1. The van der Waals surface area contributed by atoms with Crippen molar-refractivity contribution < 1.29 is 22.0 Å². The van der Waals surface area contributed by atoms with Crippen LogP contribution in [-0.2, 0) is 33.9 Å². The van der Waals surface area contributed by atoms with E-state index in [2.05, 4.69) is 34.0 Å². The first kappa shape index (κ1) is 30.1. The van der Waals surface area contributed by atoms with Crippen LogP contribution in [0.3, 0.4) is 0 Å². The number of allylic oxidation sites excluding steroid dienone is 1. The van der Waals surface area contributed by atoms with Crippen molar-refractivity contribution in [2.75, 3.05) is 19.3 Å². The molecule has 0 spiro atoms. The van der Waals surface area contributed by atoms with Crippen LogP contribution in [0.15, 0.2) is 53.6 Å². The number of carbonyl (C=O) groups excluding carboxylic acids is 1. The van der Waals surface area contributed by atoms with Crippen molar-refractivity contribution in [3.8, 4) is 0 Å². The Labute approximate surface area is 246 Å². The smallest absolute Gasteiger partial charge is 0.178 e. The van der Waals surface area contributed by atoms with Crippen molar-refractivity contribution in [1.29, 1.82) is 0 Å². The van der Waals surface area contributed by atoms with Crippen molar-refractivity contribution in [3.05, 3.63) is 94.1 Å². The summed E-state index contributed by atoms with van der Waals surface area (Å²) in [6.07, 6.45) is 5.37. The lowest BCUT2D eigenvalue weighted by Crippen LogP contribution is -2.58. The Morgan fingerprint density at radius 1 is 1.10 bits per heavy atom. The number of hydrogen-bond donors (Lipinski definition) is 1. The number of halogens is 2. The number of piperazine rings is 1. The molecule has 1 aliphatic heterocycles. The average Bonchev–Trinajstić information content (AvgIpc) is 3.35. The maximum absolute atomic E-state index is 15.1. The van der Waals surface area contributed by atoms with Crippen LogP contribution in [0.5, 0.6) is 0 Å².